The number of fused-ring (bicyclic) bond motifs is 1. The van der Waals surface area contributed by atoms with Crippen molar-refractivity contribution in [1.29, 1.82) is 0 Å². The van der Waals surface area contributed by atoms with Crippen LogP contribution >= 0.6 is 0 Å². The van der Waals surface area contributed by atoms with Crippen molar-refractivity contribution in [2.24, 2.45) is 0 Å². The quantitative estimate of drug-likeness (QED) is 0.720. The standard InChI is InChI=1S/C9H13N5O3.H2/c1-15-3-4-17-9-12-6(10)5-7(14-9)13-8(11-5)16-2;/h3-4H2,1-2H3,(H3,10,11,12,13,14);1H. The average Bonchev–Trinajstić information content (AvgIpc) is 2.73. The molecule has 94 valence electrons. The lowest BCUT2D eigenvalue weighted by Gasteiger charge is -2.03. The third kappa shape index (κ3) is 2.36. The second kappa shape index (κ2) is 4.83. The molecule has 2 rings (SSSR count). The maximum Gasteiger partial charge on any atom is 0.320 e. The first-order valence-electron chi connectivity index (χ1n) is 4.93. The monoisotopic (exact) mass is 241 g/mol. The van der Waals surface area contributed by atoms with Gasteiger partial charge >= 0.3 is 6.01 Å². The lowest BCUT2D eigenvalue weighted by molar-refractivity contribution is 0.141. The van der Waals surface area contributed by atoms with E-state index in [0.29, 0.717) is 30.4 Å². The Balaban J connectivity index is 0.00000162. The molecule has 0 spiro atoms. The van der Waals surface area contributed by atoms with Gasteiger partial charge in [0.1, 0.15) is 12.1 Å². The summed E-state index contributed by atoms with van der Waals surface area (Å²) in [4.78, 5) is 15.0. The first kappa shape index (κ1) is 11.4. The molecule has 2 heterocycles. The van der Waals surface area contributed by atoms with Crippen LogP contribution in [0.5, 0.6) is 12.0 Å². The molecule has 2 aromatic heterocycles. The molecule has 0 aliphatic rings. The minimum Gasteiger partial charge on any atom is -0.468 e. The highest BCUT2D eigenvalue weighted by Crippen LogP contribution is 2.20. The van der Waals surface area contributed by atoms with Gasteiger partial charge in [-0.25, -0.2) is 0 Å². The van der Waals surface area contributed by atoms with Gasteiger partial charge in [0.15, 0.2) is 11.5 Å². The van der Waals surface area contributed by atoms with Crippen LogP contribution in [0, 0.1) is 0 Å². The number of hydrogen-bond acceptors (Lipinski definition) is 7. The van der Waals surface area contributed by atoms with Gasteiger partial charge in [-0.1, -0.05) is 0 Å². The number of aromatic amines is 1. The number of hydrogen-bond donors (Lipinski definition) is 2. The second-order valence-electron chi connectivity index (χ2n) is 3.18. The number of anilines is 1. The third-order valence-corrected chi connectivity index (χ3v) is 2.05. The minimum atomic E-state index is 0. The van der Waals surface area contributed by atoms with Crippen molar-refractivity contribution in [2.45, 2.75) is 0 Å². The predicted molar refractivity (Wildman–Crippen MR) is 62.1 cm³/mol. The highest BCUT2D eigenvalue weighted by atomic mass is 16.5. The Morgan fingerprint density at radius 1 is 1.24 bits per heavy atom. The van der Waals surface area contributed by atoms with E-state index < -0.39 is 0 Å². The molecule has 2 aromatic rings. The van der Waals surface area contributed by atoms with Crippen LogP contribution in [0.25, 0.3) is 11.2 Å². The number of imidazole rings is 1. The highest BCUT2D eigenvalue weighted by Gasteiger charge is 2.11. The van der Waals surface area contributed by atoms with Crippen molar-refractivity contribution < 1.29 is 15.6 Å². The van der Waals surface area contributed by atoms with Gasteiger partial charge in [-0.2, -0.15) is 15.0 Å². The zero-order valence-electron chi connectivity index (χ0n) is 9.56. The van der Waals surface area contributed by atoms with E-state index in [9.17, 15) is 0 Å². The molecular weight excluding hydrogens is 226 g/mol. The maximum absolute atomic E-state index is 5.74. The average molecular weight is 241 g/mol. The molecule has 0 aliphatic carbocycles. The molecular formula is C9H15N5O3. The van der Waals surface area contributed by atoms with Gasteiger partial charge in [-0.3, -0.25) is 0 Å². The summed E-state index contributed by atoms with van der Waals surface area (Å²) in [5.74, 6) is 0.262. The van der Waals surface area contributed by atoms with Gasteiger partial charge in [0.2, 0.25) is 0 Å². The molecule has 0 amide bonds. The Hall–Kier alpha value is -2.09. The number of rotatable bonds is 5. The Kier molecular flexibility index (Phi) is 3.24. The normalized spacial score (nSPS) is 10.7. The SMILES string of the molecule is COCCOc1nc(N)c2[nH]c(OC)nc2n1.[HH]. The van der Waals surface area contributed by atoms with E-state index >= 15 is 0 Å². The van der Waals surface area contributed by atoms with E-state index in [0.717, 1.165) is 0 Å². The van der Waals surface area contributed by atoms with Crippen LogP contribution in [0.2, 0.25) is 0 Å². The van der Waals surface area contributed by atoms with Crippen molar-refractivity contribution in [1.82, 2.24) is 19.9 Å². The zero-order chi connectivity index (χ0) is 12.3. The van der Waals surface area contributed by atoms with Gasteiger partial charge in [0, 0.05) is 8.54 Å². The van der Waals surface area contributed by atoms with Gasteiger partial charge in [0.25, 0.3) is 6.01 Å². The van der Waals surface area contributed by atoms with Gasteiger partial charge in [0.05, 0.1) is 13.7 Å². The summed E-state index contributed by atoms with van der Waals surface area (Å²) in [6.45, 7) is 0.800. The van der Waals surface area contributed by atoms with Crippen LogP contribution in [0.1, 0.15) is 1.43 Å². The Morgan fingerprint density at radius 2 is 2.06 bits per heavy atom. The fraction of sp³-hybridized carbons (Fsp3) is 0.444. The number of aromatic nitrogens is 4. The lowest BCUT2D eigenvalue weighted by Crippen LogP contribution is -2.07. The van der Waals surface area contributed by atoms with E-state index in [-0.39, 0.29) is 13.3 Å². The van der Waals surface area contributed by atoms with E-state index in [1.807, 2.05) is 0 Å². The summed E-state index contributed by atoms with van der Waals surface area (Å²) < 4.78 is 15.0. The molecule has 8 heteroatoms. The van der Waals surface area contributed by atoms with Crippen LogP contribution in [-0.2, 0) is 4.74 Å². The Morgan fingerprint density at radius 3 is 2.76 bits per heavy atom. The van der Waals surface area contributed by atoms with Crippen LogP contribution < -0.4 is 15.2 Å². The summed E-state index contributed by atoms with van der Waals surface area (Å²) in [6.07, 6.45) is 0. The van der Waals surface area contributed by atoms with E-state index in [1.54, 1.807) is 7.11 Å². The first-order chi connectivity index (χ1) is 8.24. The lowest BCUT2D eigenvalue weighted by atomic mass is 10.5. The highest BCUT2D eigenvalue weighted by molar-refractivity contribution is 5.82. The number of nitrogens with zero attached hydrogens (tertiary/aromatic N) is 3. The van der Waals surface area contributed by atoms with E-state index in [1.165, 1.54) is 7.11 Å². The van der Waals surface area contributed by atoms with Crippen LogP contribution in [-0.4, -0.2) is 47.4 Å². The summed E-state index contributed by atoms with van der Waals surface area (Å²) in [5.41, 5.74) is 6.67. The summed E-state index contributed by atoms with van der Waals surface area (Å²) in [5, 5.41) is 0. The molecule has 0 fully saturated rings. The van der Waals surface area contributed by atoms with Crippen molar-refractivity contribution in [3.63, 3.8) is 0 Å². The molecule has 8 nitrogen and oxygen atoms in total. The van der Waals surface area contributed by atoms with E-state index in [2.05, 4.69) is 19.9 Å². The number of nitrogens with one attached hydrogen (secondary N) is 1. The fourth-order valence-electron chi connectivity index (χ4n) is 1.25. The van der Waals surface area contributed by atoms with Gasteiger partial charge < -0.3 is 24.9 Å². The molecule has 0 atom stereocenters. The van der Waals surface area contributed by atoms with Gasteiger partial charge in [-0.05, 0) is 0 Å². The van der Waals surface area contributed by atoms with E-state index in [4.69, 9.17) is 19.9 Å². The third-order valence-electron chi connectivity index (χ3n) is 2.05. The van der Waals surface area contributed by atoms with Crippen molar-refractivity contribution in [3.05, 3.63) is 0 Å². The number of H-pyrrole nitrogens is 1. The maximum atomic E-state index is 5.74. The fourth-order valence-corrected chi connectivity index (χ4v) is 1.25. The Bertz CT molecular complexity index is 518. The number of ether oxygens (including phenoxy) is 3. The molecule has 0 saturated carbocycles. The van der Waals surface area contributed by atoms with Crippen LogP contribution in [0.3, 0.4) is 0 Å². The molecule has 3 N–H and O–H groups in total. The van der Waals surface area contributed by atoms with Crippen molar-refractivity contribution >= 4 is 17.0 Å². The van der Waals surface area contributed by atoms with Gasteiger partial charge in [-0.15, -0.1) is 0 Å². The summed E-state index contributed by atoms with van der Waals surface area (Å²) >= 11 is 0. The first-order valence-corrected chi connectivity index (χ1v) is 4.93. The minimum absolute atomic E-state index is 0. The predicted octanol–water partition coefficient (Wildman–Crippen LogP) is 0.215. The number of methoxy groups -OCH3 is 2. The molecule has 0 saturated heterocycles. The van der Waals surface area contributed by atoms with Crippen LogP contribution in [0.4, 0.5) is 5.82 Å². The molecule has 0 aromatic carbocycles. The smallest absolute Gasteiger partial charge is 0.320 e. The summed E-state index contributed by atoms with van der Waals surface area (Å²) in [7, 11) is 3.08. The molecule has 0 radical (unpaired) electrons. The largest absolute Gasteiger partial charge is 0.468 e. The molecule has 0 unspecified atom stereocenters. The number of nitrogen functional groups attached to an aromatic ring is 1. The second-order valence-corrected chi connectivity index (χ2v) is 3.18. The molecule has 0 aliphatic heterocycles. The summed E-state index contributed by atoms with van der Waals surface area (Å²) in [6, 6.07) is 0.497. The number of nitrogens with two attached hydrogens (primary N) is 1. The molecule has 17 heavy (non-hydrogen) atoms. The zero-order valence-corrected chi connectivity index (χ0v) is 9.56. The Labute approximate surface area is 98.6 Å². The van der Waals surface area contributed by atoms with Crippen LogP contribution in [0.15, 0.2) is 0 Å². The van der Waals surface area contributed by atoms with Crippen molar-refractivity contribution in [2.75, 3.05) is 33.2 Å². The molecule has 0 bridgehead atoms. The topological polar surface area (TPSA) is 108 Å². The van der Waals surface area contributed by atoms with Crippen molar-refractivity contribution in [3.8, 4) is 12.0 Å².